The molecular weight excluding hydrogens is 202 g/mol. The fourth-order valence-corrected chi connectivity index (χ4v) is 1.12. The molecule has 1 amide bonds. The van der Waals surface area contributed by atoms with Gasteiger partial charge in [-0.05, 0) is 18.3 Å². The average Bonchev–Trinajstić information content (AvgIpc) is 2.77. The van der Waals surface area contributed by atoms with Gasteiger partial charge in [0.05, 0.1) is 0 Å². The van der Waals surface area contributed by atoms with Gasteiger partial charge in [-0.25, -0.2) is 8.78 Å². The Balaban J connectivity index is 2.33. The van der Waals surface area contributed by atoms with Crippen molar-refractivity contribution in [2.24, 2.45) is 11.8 Å². The number of halogens is 4. The van der Waals surface area contributed by atoms with Crippen LogP contribution in [0, 0.1) is 11.8 Å². The molecule has 1 saturated carbocycles. The molecule has 82 valence electrons. The van der Waals surface area contributed by atoms with Crippen molar-refractivity contribution in [2.75, 3.05) is 6.54 Å². The van der Waals surface area contributed by atoms with Crippen LogP contribution in [0.3, 0.4) is 0 Å². The van der Waals surface area contributed by atoms with Gasteiger partial charge in [-0.2, -0.15) is 8.78 Å². The molecule has 0 aromatic heterocycles. The van der Waals surface area contributed by atoms with Crippen LogP contribution in [0.4, 0.5) is 17.6 Å². The average molecular weight is 213 g/mol. The fraction of sp³-hybridized carbons (Fsp3) is 0.875. The summed E-state index contributed by atoms with van der Waals surface area (Å²) in [6.45, 7) is 1.96. The second kappa shape index (κ2) is 3.74. The van der Waals surface area contributed by atoms with Crippen molar-refractivity contribution in [3.8, 4) is 0 Å². The van der Waals surface area contributed by atoms with Gasteiger partial charge in [0, 0.05) is 6.54 Å². The highest BCUT2D eigenvalue weighted by atomic mass is 19.3. The van der Waals surface area contributed by atoms with E-state index in [0.717, 1.165) is 6.42 Å². The van der Waals surface area contributed by atoms with E-state index in [0.29, 0.717) is 5.92 Å². The van der Waals surface area contributed by atoms with Crippen LogP contribution in [-0.2, 0) is 4.79 Å². The van der Waals surface area contributed by atoms with Crippen molar-refractivity contribution in [1.29, 1.82) is 0 Å². The molecule has 0 aliphatic heterocycles. The van der Waals surface area contributed by atoms with Crippen LogP contribution in [0.1, 0.15) is 13.3 Å². The molecule has 0 radical (unpaired) electrons. The van der Waals surface area contributed by atoms with Gasteiger partial charge in [0.1, 0.15) is 0 Å². The van der Waals surface area contributed by atoms with Crippen molar-refractivity contribution >= 4 is 5.91 Å². The number of hydrogen-bond acceptors (Lipinski definition) is 1. The molecule has 2 nitrogen and oxygen atoms in total. The van der Waals surface area contributed by atoms with E-state index in [2.05, 4.69) is 0 Å². The Morgan fingerprint density at radius 3 is 2.43 bits per heavy atom. The van der Waals surface area contributed by atoms with Crippen LogP contribution >= 0.6 is 0 Å². The number of nitrogens with one attached hydrogen (secondary N) is 1. The molecule has 1 aliphatic carbocycles. The monoisotopic (exact) mass is 213 g/mol. The normalized spacial score (nSPS) is 26.4. The molecule has 14 heavy (non-hydrogen) atoms. The quantitative estimate of drug-likeness (QED) is 0.707. The summed E-state index contributed by atoms with van der Waals surface area (Å²) in [5.41, 5.74) is 0. The van der Waals surface area contributed by atoms with E-state index in [4.69, 9.17) is 0 Å². The zero-order valence-corrected chi connectivity index (χ0v) is 7.57. The molecule has 2 unspecified atom stereocenters. The molecule has 0 aromatic carbocycles. The van der Waals surface area contributed by atoms with Crippen molar-refractivity contribution in [3.05, 3.63) is 0 Å². The molecule has 2 atom stereocenters. The standard InChI is InChI=1S/C8H11F4NO/c1-4-2-5(4)3-13-7(14)8(11,12)6(9)10/h4-6H,2-3H2,1H3,(H,13,14). The van der Waals surface area contributed by atoms with Gasteiger partial charge < -0.3 is 5.32 Å². The molecular formula is C8H11F4NO. The van der Waals surface area contributed by atoms with Crippen molar-refractivity contribution in [3.63, 3.8) is 0 Å². The number of alkyl halides is 4. The first-order chi connectivity index (χ1) is 6.35. The third-order valence-electron chi connectivity index (χ3n) is 2.38. The smallest absolute Gasteiger partial charge is 0.350 e. The second-order valence-corrected chi connectivity index (χ2v) is 3.61. The maximum Gasteiger partial charge on any atom is 0.383 e. The van der Waals surface area contributed by atoms with Crippen molar-refractivity contribution < 1.29 is 22.4 Å². The van der Waals surface area contributed by atoms with Gasteiger partial charge in [-0.1, -0.05) is 6.92 Å². The molecule has 1 N–H and O–H groups in total. The van der Waals surface area contributed by atoms with Crippen LogP contribution in [0.25, 0.3) is 0 Å². The van der Waals surface area contributed by atoms with E-state index in [1.807, 2.05) is 12.2 Å². The van der Waals surface area contributed by atoms with E-state index < -0.39 is 18.3 Å². The first-order valence-electron chi connectivity index (χ1n) is 4.30. The Morgan fingerprint density at radius 2 is 2.07 bits per heavy atom. The number of carbonyl (C=O) groups excluding carboxylic acids is 1. The van der Waals surface area contributed by atoms with Gasteiger partial charge in [0.2, 0.25) is 0 Å². The van der Waals surface area contributed by atoms with E-state index in [-0.39, 0.29) is 12.5 Å². The molecule has 1 fully saturated rings. The van der Waals surface area contributed by atoms with E-state index in [1.54, 1.807) is 0 Å². The number of amides is 1. The Bertz CT molecular complexity index is 231. The SMILES string of the molecule is CC1CC1CNC(=O)C(F)(F)C(F)F. The summed E-state index contributed by atoms with van der Waals surface area (Å²) < 4.78 is 48.0. The third kappa shape index (κ3) is 2.36. The lowest BCUT2D eigenvalue weighted by atomic mass is 10.3. The Hall–Kier alpha value is -0.810. The minimum Gasteiger partial charge on any atom is -0.350 e. The van der Waals surface area contributed by atoms with Gasteiger partial charge >= 0.3 is 12.3 Å². The number of hydrogen-bond donors (Lipinski definition) is 1. The highest BCUT2D eigenvalue weighted by Crippen LogP contribution is 2.37. The van der Waals surface area contributed by atoms with Gasteiger partial charge in [0.25, 0.3) is 5.91 Å². The summed E-state index contributed by atoms with van der Waals surface area (Å²) in [5.74, 6) is -5.91. The summed E-state index contributed by atoms with van der Waals surface area (Å²) in [7, 11) is 0. The van der Waals surface area contributed by atoms with Crippen LogP contribution < -0.4 is 5.32 Å². The highest BCUT2D eigenvalue weighted by molar-refractivity contribution is 5.83. The van der Waals surface area contributed by atoms with Crippen LogP contribution in [-0.4, -0.2) is 24.8 Å². The summed E-state index contributed by atoms with van der Waals surface area (Å²) in [6.07, 6.45) is -3.10. The molecule has 0 spiro atoms. The maximum absolute atomic E-state index is 12.3. The van der Waals surface area contributed by atoms with Gasteiger partial charge in [0.15, 0.2) is 0 Å². The molecule has 6 heteroatoms. The zero-order valence-electron chi connectivity index (χ0n) is 7.57. The Kier molecular flexibility index (Phi) is 3.01. The predicted octanol–water partition coefficient (Wildman–Crippen LogP) is 1.66. The molecule has 1 rings (SSSR count). The minimum absolute atomic E-state index is 0.0578. The lowest BCUT2D eigenvalue weighted by molar-refractivity contribution is -0.169. The predicted molar refractivity (Wildman–Crippen MR) is 41.2 cm³/mol. The van der Waals surface area contributed by atoms with Crippen LogP contribution in [0.5, 0.6) is 0 Å². The first kappa shape index (κ1) is 11.3. The zero-order chi connectivity index (χ0) is 10.9. The summed E-state index contributed by atoms with van der Waals surface area (Å²) in [5, 5.41) is 1.83. The molecule has 0 bridgehead atoms. The first-order valence-corrected chi connectivity index (χ1v) is 4.30. The molecule has 0 heterocycles. The van der Waals surface area contributed by atoms with E-state index >= 15 is 0 Å². The lowest BCUT2D eigenvalue weighted by Gasteiger charge is -2.14. The topological polar surface area (TPSA) is 29.1 Å². The van der Waals surface area contributed by atoms with Crippen LogP contribution in [0.2, 0.25) is 0 Å². The number of rotatable bonds is 4. The number of carbonyl (C=O) groups is 1. The van der Waals surface area contributed by atoms with Crippen molar-refractivity contribution in [1.82, 2.24) is 5.32 Å². The highest BCUT2D eigenvalue weighted by Gasteiger charge is 2.49. The Morgan fingerprint density at radius 1 is 1.57 bits per heavy atom. The molecule has 0 aromatic rings. The summed E-state index contributed by atoms with van der Waals surface area (Å²) >= 11 is 0. The van der Waals surface area contributed by atoms with Gasteiger partial charge in [-0.15, -0.1) is 0 Å². The third-order valence-corrected chi connectivity index (χ3v) is 2.38. The summed E-state index contributed by atoms with van der Waals surface area (Å²) in [4.78, 5) is 10.6. The lowest BCUT2D eigenvalue weighted by Crippen LogP contribution is -2.45. The van der Waals surface area contributed by atoms with E-state index in [1.165, 1.54) is 0 Å². The van der Waals surface area contributed by atoms with Crippen LogP contribution in [0.15, 0.2) is 0 Å². The van der Waals surface area contributed by atoms with Gasteiger partial charge in [-0.3, -0.25) is 4.79 Å². The molecule has 1 aliphatic rings. The largest absolute Gasteiger partial charge is 0.383 e. The second-order valence-electron chi connectivity index (χ2n) is 3.61. The minimum atomic E-state index is -4.57. The summed E-state index contributed by atoms with van der Waals surface area (Å²) in [6, 6.07) is 0. The molecule has 0 saturated heterocycles. The Labute approximate surface area is 78.7 Å². The van der Waals surface area contributed by atoms with E-state index in [9.17, 15) is 22.4 Å². The van der Waals surface area contributed by atoms with Crippen molar-refractivity contribution in [2.45, 2.75) is 25.7 Å². The fourth-order valence-electron chi connectivity index (χ4n) is 1.12. The maximum atomic E-state index is 12.3.